The van der Waals surface area contributed by atoms with Crippen molar-refractivity contribution < 1.29 is 13.2 Å². The van der Waals surface area contributed by atoms with Gasteiger partial charge in [-0.15, -0.1) is 0 Å². The average Bonchev–Trinajstić information content (AvgIpc) is 2.16. The Hall–Kier alpha value is -0.990. The van der Waals surface area contributed by atoms with Gasteiger partial charge in [0.15, 0.2) is 0 Å². The monoisotopic (exact) mass is 309 g/mol. The molecule has 0 amide bonds. The van der Waals surface area contributed by atoms with Gasteiger partial charge in [-0.3, -0.25) is 0 Å². The molecule has 1 aromatic carbocycles. The van der Waals surface area contributed by atoms with Gasteiger partial charge in [0.2, 0.25) is 0 Å². The van der Waals surface area contributed by atoms with E-state index in [0.717, 1.165) is 12.1 Å². The van der Waals surface area contributed by atoms with Crippen LogP contribution in [0.3, 0.4) is 0 Å². The highest BCUT2D eigenvalue weighted by Crippen LogP contribution is 2.36. The van der Waals surface area contributed by atoms with Crippen LogP contribution in [0, 0.1) is 11.3 Å². The van der Waals surface area contributed by atoms with Gasteiger partial charge >= 0.3 is 6.18 Å². The Morgan fingerprint density at radius 2 is 2.06 bits per heavy atom. The molecule has 0 heterocycles. The van der Waals surface area contributed by atoms with Crippen molar-refractivity contribution in [1.29, 1.82) is 5.26 Å². The van der Waals surface area contributed by atoms with Crippen molar-refractivity contribution in [2.75, 3.05) is 0 Å². The standard InChI is InChI=1S/C10H4BrClF3N/c11-8-2-1-6(9(12)3-4-16)5-7(8)10(13,14)15/h1-3,5H/b9-3-. The van der Waals surface area contributed by atoms with Gasteiger partial charge in [0.25, 0.3) is 0 Å². The maximum absolute atomic E-state index is 12.5. The van der Waals surface area contributed by atoms with E-state index in [9.17, 15) is 13.2 Å². The zero-order chi connectivity index (χ0) is 12.3. The quantitative estimate of drug-likeness (QED) is 0.697. The Morgan fingerprint density at radius 3 is 2.56 bits per heavy atom. The van der Waals surface area contributed by atoms with Gasteiger partial charge in [-0.1, -0.05) is 33.6 Å². The first kappa shape index (κ1) is 13.1. The van der Waals surface area contributed by atoms with Gasteiger partial charge in [-0.2, -0.15) is 18.4 Å². The molecule has 0 unspecified atom stereocenters. The maximum Gasteiger partial charge on any atom is 0.417 e. The number of nitriles is 1. The minimum absolute atomic E-state index is 0.0273. The van der Waals surface area contributed by atoms with E-state index in [2.05, 4.69) is 15.9 Å². The lowest BCUT2D eigenvalue weighted by Crippen LogP contribution is -2.06. The SMILES string of the molecule is N#C/C=C(\Cl)c1ccc(Br)c(C(F)(F)F)c1. The molecule has 0 aliphatic rings. The molecular weight excluding hydrogens is 306 g/mol. The molecule has 1 nitrogen and oxygen atoms in total. The second-order valence-corrected chi connectivity index (χ2v) is 4.08. The number of alkyl halides is 3. The molecular formula is C10H4BrClF3N. The Morgan fingerprint density at radius 1 is 1.44 bits per heavy atom. The lowest BCUT2D eigenvalue weighted by atomic mass is 10.1. The predicted octanol–water partition coefficient (Wildman–Crippen LogP) is 4.57. The zero-order valence-electron chi connectivity index (χ0n) is 7.65. The number of benzene rings is 1. The fourth-order valence-corrected chi connectivity index (χ4v) is 1.67. The second-order valence-electron chi connectivity index (χ2n) is 2.81. The smallest absolute Gasteiger partial charge is 0.193 e. The Balaban J connectivity index is 3.30. The maximum atomic E-state index is 12.5. The van der Waals surface area contributed by atoms with Crippen LogP contribution in [0.25, 0.3) is 5.03 Å². The molecule has 0 aliphatic heterocycles. The van der Waals surface area contributed by atoms with Crippen molar-refractivity contribution in [2.45, 2.75) is 6.18 Å². The van der Waals surface area contributed by atoms with Crippen LogP contribution >= 0.6 is 27.5 Å². The molecule has 0 saturated heterocycles. The highest BCUT2D eigenvalue weighted by Gasteiger charge is 2.33. The van der Waals surface area contributed by atoms with E-state index >= 15 is 0 Å². The number of nitrogens with zero attached hydrogens (tertiary/aromatic N) is 1. The van der Waals surface area contributed by atoms with E-state index in [1.807, 2.05) is 0 Å². The van der Waals surface area contributed by atoms with Crippen molar-refractivity contribution in [3.63, 3.8) is 0 Å². The van der Waals surface area contributed by atoms with Crippen LogP contribution in [-0.2, 0) is 6.18 Å². The average molecular weight is 310 g/mol. The molecule has 1 aromatic rings. The molecule has 0 aliphatic carbocycles. The predicted molar refractivity (Wildman–Crippen MR) is 58.6 cm³/mol. The third-order valence-electron chi connectivity index (χ3n) is 1.74. The summed E-state index contributed by atoms with van der Waals surface area (Å²) in [6, 6.07) is 5.18. The molecule has 0 spiro atoms. The van der Waals surface area contributed by atoms with Crippen LogP contribution in [0.4, 0.5) is 13.2 Å². The van der Waals surface area contributed by atoms with Gasteiger partial charge in [-0.05, 0) is 17.7 Å². The Kier molecular flexibility index (Phi) is 4.00. The third-order valence-corrected chi connectivity index (χ3v) is 2.76. The van der Waals surface area contributed by atoms with Crippen LogP contribution < -0.4 is 0 Å². The Labute approximate surface area is 103 Å². The van der Waals surface area contributed by atoms with E-state index in [4.69, 9.17) is 16.9 Å². The van der Waals surface area contributed by atoms with Crippen LogP contribution in [-0.4, -0.2) is 0 Å². The molecule has 84 valence electrons. The van der Waals surface area contributed by atoms with Crippen molar-refractivity contribution in [1.82, 2.24) is 0 Å². The van der Waals surface area contributed by atoms with Crippen molar-refractivity contribution in [3.8, 4) is 6.07 Å². The first-order valence-electron chi connectivity index (χ1n) is 3.98. The summed E-state index contributed by atoms with van der Waals surface area (Å²) in [5.41, 5.74) is -0.673. The van der Waals surface area contributed by atoms with Gasteiger partial charge in [0.1, 0.15) is 0 Å². The summed E-state index contributed by atoms with van der Waals surface area (Å²) in [5.74, 6) is 0. The van der Waals surface area contributed by atoms with Crippen molar-refractivity contribution in [3.05, 3.63) is 39.9 Å². The first-order valence-corrected chi connectivity index (χ1v) is 5.15. The Bertz CT molecular complexity index is 474. The summed E-state index contributed by atoms with van der Waals surface area (Å²) in [7, 11) is 0. The van der Waals surface area contributed by atoms with Gasteiger partial charge in [-0.25, -0.2) is 0 Å². The molecule has 1 rings (SSSR count). The molecule has 6 heteroatoms. The summed E-state index contributed by atoms with van der Waals surface area (Å²) < 4.78 is 37.5. The molecule has 0 atom stereocenters. The fourth-order valence-electron chi connectivity index (χ4n) is 1.03. The third kappa shape index (κ3) is 3.00. The summed E-state index contributed by atoms with van der Waals surface area (Å²) in [4.78, 5) is 0. The number of allylic oxidation sites excluding steroid dienone is 1. The zero-order valence-corrected chi connectivity index (χ0v) is 9.99. The lowest BCUT2D eigenvalue weighted by Gasteiger charge is -2.10. The van der Waals surface area contributed by atoms with Gasteiger partial charge in [0, 0.05) is 10.5 Å². The highest BCUT2D eigenvalue weighted by atomic mass is 79.9. The number of halogens is 5. The first-order chi connectivity index (χ1) is 7.36. The minimum atomic E-state index is -4.46. The number of hydrogen-bond acceptors (Lipinski definition) is 1. The number of rotatable bonds is 1. The lowest BCUT2D eigenvalue weighted by molar-refractivity contribution is -0.138. The van der Waals surface area contributed by atoms with E-state index < -0.39 is 11.7 Å². The van der Waals surface area contributed by atoms with E-state index in [1.54, 1.807) is 6.07 Å². The summed E-state index contributed by atoms with van der Waals surface area (Å²) >= 11 is 8.44. The van der Waals surface area contributed by atoms with Gasteiger partial charge < -0.3 is 0 Å². The summed E-state index contributed by atoms with van der Waals surface area (Å²) in [5, 5.41) is 8.31. The molecule has 0 N–H and O–H groups in total. The second kappa shape index (κ2) is 4.89. The largest absolute Gasteiger partial charge is 0.417 e. The normalized spacial score (nSPS) is 12.4. The molecule has 0 aromatic heterocycles. The molecule has 0 fully saturated rings. The molecule has 16 heavy (non-hydrogen) atoms. The van der Waals surface area contributed by atoms with Crippen molar-refractivity contribution >= 4 is 32.6 Å². The van der Waals surface area contributed by atoms with Crippen LogP contribution in [0.15, 0.2) is 28.7 Å². The fraction of sp³-hybridized carbons (Fsp3) is 0.100. The summed E-state index contributed by atoms with van der Waals surface area (Å²) in [6.45, 7) is 0. The van der Waals surface area contributed by atoms with E-state index in [-0.39, 0.29) is 15.1 Å². The topological polar surface area (TPSA) is 23.8 Å². The van der Waals surface area contributed by atoms with Crippen LogP contribution in [0.1, 0.15) is 11.1 Å². The van der Waals surface area contributed by atoms with Gasteiger partial charge in [0.05, 0.1) is 16.7 Å². The van der Waals surface area contributed by atoms with Crippen LogP contribution in [0.2, 0.25) is 0 Å². The molecule has 0 saturated carbocycles. The molecule has 0 bridgehead atoms. The number of hydrogen-bond donors (Lipinski definition) is 0. The minimum Gasteiger partial charge on any atom is -0.193 e. The van der Waals surface area contributed by atoms with E-state index in [0.29, 0.717) is 0 Å². The molecule has 0 radical (unpaired) electrons. The summed E-state index contributed by atoms with van der Waals surface area (Å²) in [6.07, 6.45) is -3.48. The van der Waals surface area contributed by atoms with E-state index in [1.165, 1.54) is 12.1 Å². The van der Waals surface area contributed by atoms with Crippen LogP contribution in [0.5, 0.6) is 0 Å². The highest BCUT2D eigenvalue weighted by molar-refractivity contribution is 9.10. The van der Waals surface area contributed by atoms with Crippen molar-refractivity contribution in [2.24, 2.45) is 0 Å².